The molecular weight excluding hydrogens is 336 g/mol. The molecule has 4 nitrogen and oxygen atoms in total. The minimum Gasteiger partial charge on any atom is -0.311 e. The van der Waals surface area contributed by atoms with Crippen molar-refractivity contribution in [2.75, 3.05) is 0 Å². The van der Waals surface area contributed by atoms with Gasteiger partial charge in [0.05, 0.1) is 3.79 Å². The van der Waals surface area contributed by atoms with Crippen molar-refractivity contribution in [3.05, 3.63) is 15.9 Å². The lowest BCUT2D eigenvalue weighted by Gasteiger charge is -2.29. The molecule has 0 aliphatic carbocycles. The fraction of sp³-hybridized carbons (Fsp3) is 0.636. The molecule has 2 aliphatic heterocycles. The van der Waals surface area contributed by atoms with Crippen LogP contribution in [0.5, 0.6) is 0 Å². The molecule has 0 aromatic carbocycles. The molecule has 1 aromatic rings. The lowest BCUT2D eigenvalue weighted by molar-refractivity contribution is 0.345. The third-order valence-corrected chi connectivity index (χ3v) is 7.24. The van der Waals surface area contributed by atoms with Crippen molar-refractivity contribution in [1.82, 2.24) is 10.0 Å². The summed E-state index contributed by atoms with van der Waals surface area (Å²) in [5.74, 6) is 0. The summed E-state index contributed by atoms with van der Waals surface area (Å²) in [6.45, 7) is 0. The van der Waals surface area contributed by atoms with Crippen LogP contribution < -0.4 is 10.0 Å². The van der Waals surface area contributed by atoms with Crippen LogP contribution in [0.3, 0.4) is 0 Å². The molecule has 0 saturated carbocycles. The summed E-state index contributed by atoms with van der Waals surface area (Å²) in [6, 6.07) is 4.48. The zero-order chi connectivity index (χ0) is 12.8. The second-order valence-corrected chi connectivity index (χ2v) is 9.39. The third kappa shape index (κ3) is 2.65. The Kier molecular flexibility index (Phi) is 3.53. The van der Waals surface area contributed by atoms with E-state index >= 15 is 0 Å². The second-order valence-electron chi connectivity index (χ2n) is 4.99. The SMILES string of the molecule is O=S(=O)(NC1CC2CCC(C1)N2)c1ccc(Br)s1. The number of hydrogen-bond acceptors (Lipinski definition) is 4. The average molecular weight is 351 g/mol. The van der Waals surface area contributed by atoms with Gasteiger partial charge < -0.3 is 5.32 Å². The lowest BCUT2D eigenvalue weighted by atomic mass is 10.0. The van der Waals surface area contributed by atoms with Crippen molar-refractivity contribution >= 4 is 37.3 Å². The van der Waals surface area contributed by atoms with E-state index in [1.54, 1.807) is 12.1 Å². The van der Waals surface area contributed by atoms with Gasteiger partial charge in [-0.2, -0.15) is 0 Å². The van der Waals surface area contributed by atoms with Crippen LogP contribution in [-0.4, -0.2) is 26.5 Å². The van der Waals surface area contributed by atoms with E-state index in [0.29, 0.717) is 16.3 Å². The monoisotopic (exact) mass is 350 g/mol. The number of thiophene rings is 1. The molecule has 2 fully saturated rings. The van der Waals surface area contributed by atoms with E-state index in [-0.39, 0.29) is 6.04 Å². The number of sulfonamides is 1. The van der Waals surface area contributed by atoms with Crippen LogP contribution in [0.25, 0.3) is 0 Å². The highest BCUT2D eigenvalue weighted by atomic mass is 79.9. The van der Waals surface area contributed by atoms with Gasteiger partial charge in [-0.1, -0.05) is 0 Å². The smallest absolute Gasteiger partial charge is 0.250 e. The zero-order valence-electron chi connectivity index (χ0n) is 9.73. The molecule has 18 heavy (non-hydrogen) atoms. The highest BCUT2D eigenvalue weighted by Crippen LogP contribution is 2.30. The fourth-order valence-corrected chi connectivity index (χ4v) is 6.16. The van der Waals surface area contributed by atoms with Crippen molar-refractivity contribution < 1.29 is 8.42 Å². The summed E-state index contributed by atoms with van der Waals surface area (Å²) in [5.41, 5.74) is 0. The third-order valence-electron chi connectivity index (χ3n) is 3.61. The summed E-state index contributed by atoms with van der Waals surface area (Å²) in [6.07, 6.45) is 4.16. The summed E-state index contributed by atoms with van der Waals surface area (Å²) in [7, 11) is -3.35. The van der Waals surface area contributed by atoms with Crippen LogP contribution in [0.4, 0.5) is 0 Å². The standard InChI is InChI=1S/C11H15BrN2O2S2/c12-10-3-4-11(17-10)18(15,16)14-9-5-7-1-2-8(6-9)13-7/h3-4,7-9,13-14H,1-2,5-6H2. The molecule has 0 spiro atoms. The number of halogens is 1. The van der Waals surface area contributed by atoms with Gasteiger partial charge in [0, 0.05) is 18.1 Å². The van der Waals surface area contributed by atoms with Gasteiger partial charge in [0.15, 0.2) is 0 Å². The zero-order valence-corrected chi connectivity index (χ0v) is 12.9. The van der Waals surface area contributed by atoms with Gasteiger partial charge >= 0.3 is 0 Å². The topological polar surface area (TPSA) is 58.2 Å². The molecule has 3 rings (SSSR count). The Morgan fingerprint density at radius 2 is 1.94 bits per heavy atom. The van der Waals surface area contributed by atoms with Crippen LogP contribution in [0.2, 0.25) is 0 Å². The van der Waals surface area contributed by atoms with Crippen LogP contribution >= 0.6 is 27.3 Å². The first kappa shape index (κ1) is 13.1. The van der Waals surface area contributed by atoms with Gasteiger partial charge in [-0.05, 0) is 53.7 Å². The number of fused-ring (bicyclic) bond motifs is 2. The van der Waals surface area contributed by atoms with Crippen LogP contribution in [0, 0.1) is 0 Å². The molecule has 2 N–H and O–H groups in total. The Morgan fingerprint density at radius 1 is 1.28 bits per heavy atom. The maximum absolute atomic E-state index is 12.2. The van der Waals surface area contributed by atoms with E-state index in [9.17, 15) is 8.42 Å². The molecule has 0 radical (unpaired) electrons. The molecule has 2 atom stereocenters. The minimum absolute atomic E-state index is 0.0784. The number of hydrogen-bond donors (Lipinski definition) is 2. The van der Waals surface area contributed by atoms with Gasteiger partial charge in [0.25, 0.3) is 0 Å². The van der Waals surface area contributed by atoms with Crippen molar-refractivity contribution in [1.29, 1.82) is 0 Å². The van der Waals surface area contributed by atoms with Crippen molar-refractivity contribution in [3.63, 3.8) is 0 Å². The molecule has 100 valence electrons. The number of piperidine rings is 1. The highest BCUT2D eigenvalue weighted by molar-refractivity contribution is 9.11. The van der Waals surface area contributed by atoms with Crippen LogP contribution in [-0.2, 0) is 10.0 Å². The van der Waals surface area contributed by atoms with E-state index in [1.807, 2.05) is 0 Å². The van der Waals surface area contributed by atoms with E-state index in [1.165, 1.54) is 24.2 Å². The highest BCUT2D eigenvalue weighted by Gasteiger charge is 2.35. The molecule has 0 amide bonds. The fourth-order valence-electron chi connectivity index (χ4n) is 2.87. The molecule has 2 aliphatic rings. The lowest BCUT2D eigenvalue weighted by Crippen LogP contribution is -2.47. The number of rotatable bonds is 3. The van der Waals surface area contributed by atoms with Crippen molar-refractivity contribution in [2.45, 2.75) is 48.0 Å². The predicted octanol–water partition coefficient (Wildman–Crippen LogP) is 2.07. The van der Waals surface area contributed by atoms with E-state index in [4.69, 9.17) is 0 Å². The van der Waals surface area contributed by atoms with Crippen molar-refractivity contribution in [2.24, 2.45) is 0 Å². The van der Waals surface area contributed by atoms with Crippen LogP contribution in [0.1, 0.15) is 25.7 Å². The molecule has 2 saturated heterocycles. The van der Waals surface area contributed by atoms with Crippen molar-refractivity contribution in [3.8, 4) is 0 Å². The van der Waals surface area contributed by atoms with Gasteiger partial charge in [-0.3, -0.25) is 0 Å². The van der Waals surface area contributed by atoms with E-state index in [0.717, 1.165) is 16.6 Å². The predicted molar refractivity (Wildman–Crippen MR) is 75.3 cm³/mol. The minimum atomic E-state index is -3.35. The Balaban J connectivity index is 1.72. The largest absolute Gasteiger partial charge is 0.311 e. The van der Waals surface area contributed by atoms with Gasteiger partial charge in [0.1, 0.15) is 4.21 Å². The summed E-state index contributed by atoms with van der Waals surface area (Å²) in [4.78, 5) is 0. The van der Waals surface area contributed by atoms with Gasteiger partial charge in [0.2, 0.25) is 10.0 Å². The Morgan fingerprint density at radius 3 is 2.50 bits per heavy atom. The molecule has 2 unspecified atom stereocenters. The average Bonchev–Trinajstić information content (AvgIpc) is 2.85. The normalized spacial score (nSPS) is 31.7. The molecular formula is C11H15BrN2O2S2. The maximum Gasteiger partial charge on any atom is 0.250 e. The second kappa shape index (κ2) is 4.86. The van der Waals surface area contributed by atoms with Gasteiger partial charge in [-0.15, -0.1) is 11.3 Å². The Hall–Kier alpha value is 0.0500. The Labute approximate surface area is 119 Å². The quantitative estimate of drug-likeness (QED) is 0.877. The van der Waals surface area contributed by atoms with E-state index in [2.05, 4.69) is 26.0 Å². The number of nitrogens with one attached hydrogen (secondary N) is 2. The molecule has 3 heterocycles. The van der Waals surface area contributed by atoms with Crippen LogP contribution in [0.15, 0.2) is 20.1 Å². The first-order chi connectivity index (χ1) is 8.53. The first-order valence-electron chi connectivity index (χ1n) is 6.07. The summed E-state index contributed by atoms with van der Waals surface area (Å²) < 4.78 is 28.5. The summed E-state index contributed by atoms with van der Waals surface area (Å²) in [5, 5.41) is 3.51. The Bertz CT molecular complexity index is 531. The first-order valence-corrected chi connectivity index (χ1v) is 9.16. The van der Waals surface area contributed by atoms with E-state index < -0.39 is 10.0 Å². The molecule has 7 heteroatoms. The molecule has 1 aromatic heterocycles. The molecule has 2 bridgehead atoms. The van der Waals surface area contributed by atoms with Gasteiger partial charge in [-0.25, -0.2) is 13.1 Å². The summed E-state index contributed by atoms with van der Waals surface area (Å²) >= 11 is 4.55. The maximum atomic E-state index is 12.2.